The SMILES string of the molecule is Cc1cc2nc3[nH]c(=O)[nH]c(=O)c3nc2cc1C.Cc1cc2nc3c(=O)[nH]c(=O)nc-3n(C)c2cc1C. The van der Waals surface area contributed by atoms with Crippen LogP contribution in [0, 0.1) is 27.7 Å². The van der Waals surface area contributed by atoms with E-state index in [0.717, 1.165) is 27.8 Å². The summed E-state index contributed by atoms with van der Waals surface area (Å²) in [6.07, 6.45) is 0. The Morgan fingerprint density at radius 2 is 1.24 bits per heavy atom. The second-order valence-corrected chi connectivity index (χ2v) is 8.89. The van der Waals surface area contributed by atoms with Gasteiger partial charge in [0.05, 0.1) is 22.1 Å². The van der Waals surface area contributed by atoms with Gasteiger partial charge in [0.1, 0.15) is 0 Å². The zero-order chi connectivity index (χ0) is 26.6. The molecule has 0 bridgehead atoms. The smallest absolute Gasteiger partial charge is 0.325 e. The number of hydrogen-bond donors (Lipinski definition) is 3. The molecule has 4 aromatic rings. The highest BCUT2D eigenvalue weighted by molar-refractivity contribution is 5.84. The average Bonchev–Trinajstić information content (AvgIpc) is 2.82. The molecule has 37 heavy (non-hydrogen) atoms. The molecule has 6 rings (SSSR count). The van der Waals surface area contributed by atoms with Crippen LogP contribution >= 0.6 is 0 Å². The number of fused-ring (bicyclic) bond motifs is 4. The van der Waals surface area contributed by atoms with Crippen molar-refractivity contribution in [3.63, 3.8) is 0 Å². The lowest BCUT2D eigenvalue weighted by atomic mass is 10.1. The fourth-order valence-electron chi connectivity index (χ4n) is 4.01. The van der Waals surface area contributed by atoms with Crippen molar-refractivity contribution in [2.75, 3.05) is 0 Å². The van der Waals surface area contributed by atoms with Gasteiger partial charge in [-0.2, -0.15) is 4.98 Å². The van der Waals surface area contributed by atoms with Crippen molar-refractivity contribution >= 4 is 33.2 Å². The Balaban J connectivity index is 0.000000152. The summed E-state index contributed by atoms with van der Waals surface area (Å²) in [6, 6.07) is 7.66. The molecule has 186 valence electrons. The number of aryl methyl sites for hydroxylation is 5. The summed E-state index contributed by atoms with van der Waals surface area (Å²) in [5, 5.41) is 0. The van der Waals surface area contributed by atoms with Crippen molar-refractivity contribution in [2.45, 2.75) is 27.7 Å². The molecular weight excluding hydrogens is 476 g/mol. The van der Waals surface area contributed by atoms with Gasteiger partial charge in [0.2, 0.25) is 0 Å². The Morgan fingerprint density at radius 3 is 1.92 bits per heavy atom. The van der Waals surface area contributed by atoms with E-state index >= 15 is 0 Å². The van der Waals surface area contributed by atoms with Crippen molar-refractivity contribution < 1.29 is 0 Å². The van der Waals surface area contributed by atoms with Crippen LogP contribution in [-0.2, 0) is 7.05 Å². The minimum absolute atomic E-state index is 0.144. The summed E-state index contributed by atoms with van der Waals surface area (Å²) >= 11 is 0. The second kappa shape index (κ2) is 8.59. The molecule has 2 aliphatic heterocycles. The van der Waals surface area contributed by atoms with Gasteiger partial charge in [-0.15, -0.1) is 0 Å². The molecule has 0 fully saturated rings. The summed E-state index contributed by atoms with van der Waals surface area (Å²) in [4.78, 5) is 69.3. The molecule has 3 N–H and O–H groups in total. The first-order valence-electron chi connectivity index (χ1n) is 11.3. The van der Waals surface area contributed by atoms with Gasteiger partial charge in [-0.1, -0.05) is 0 Å². The molecule has 4 heterocycles. The maximum Gasteiger partial charge on any atom is 0.349 e. The lowest BCUT2D eigenvalue weighted by molar-refractivity contribution is 0.870. The number of aromatic amines is 3. The van der Waals surface area contributed by atoms with Crippen molar-refractivity contribution in [3.8, 4) is 11.5 Å². The Bertz CT molecular complexity index is 2080. The normalized spacial score (nSPS) is 11.3. The minimum atomic E-state index is -0.655. The molecule has 2 aromatic carbocycles. The van der Waals surface area contributed by atoms with Crippen molar-refractivity contribution in [1.29, 1.82) is 0 Å². The van der Waals surface area contributed by atoms with Gasteiger partial charge >= 0.3 is 11.4 Å². The molecule has 12 heteroatoms. The fourth-order valence-corrected chi connectivity index (χ4v) is 4.01. The van der Waals surface area contributed by atoms with E-state index in [2.05, 4.69) is 34.9 Å². The topological polar surface area (TPSA) is 172 Å². The third-order valence-electron chi connectivity index (χ3n) is 6.31. The number of H-pyrrole nitrogens is 3. The highest BCUT2D eigenvalue weighted by atomic mass is 16.2. The van der Waals surface area contributed by atoms with Crippen LogP contribution in [0.2, 0.25) is 0 Å². The van der Waals surface area contributed by atoms with Crippen molar-refractivity contribution in [3.05, 3.63) is 88.2 Å². The number of rotatable bonds is 0. The van der Waals surface area contributed by atoms with E-state index in [0.29, 0.717) is 22.4 Å². The summed E-state index contributed by atoms with van der Waals surface area (Å²) < 4.78 is 1.72. The predicted molar refractivity (Wildman–Crippen MR) is 139 cm³/mol. The van der Waals surface area contributed by atoms with E-state index < -0.39 is 22.5 Å². The summed E-state index contributed by atoms with van der Waals surface area (Å²) in [5.41, 5.74) is 5.51. The van der Waals surface area contributed by atoms with Crippen LogP contribution in [0.3, 0.4) is 0 Å². The standard InChI is InChI=1S/C13H12N4O2.C12H10N4O2/c1-6-4-8-9(5-7(6)2)17(3)11-10(14-8)12(18)16-13(19)15-11;1-5-3-7-8(4-6(5)2)14-10-9(13-7)11(17)16-12(18)15-10/h4-5H,1-3H3,(H,16,18,19);3-4H,1-2H3,(H2,14,15,16,17,18). The van der Waals surface area contributed by atoms with Gasteiger partial charge in [-0.05, 0) is 74.2 Å². The lowest BCUT2D eigenvalue weighted by Crippen LogP contribution is -2.28. The minimum Gasteiger partial charge on any atom is -0.325 e. The monoisotopic (exact) mass is 498 g/mol. The summed E-state index contributed by atoms with van der Waals surface area (Å²) in [5.74, 6) is 0.296. The molecule has 0 atom stereocenters. The molecule has 0 spiro atoms. The van der Waals surface area contributed by atoms with Gasteiger partial charge < -0.3 is 4.57 Å². The molecule has 0 amide bonds. The molecule has 0 aliphatic carbocycles. The van der Waals surface area contributed by atoms with E-state index in [-0.39, 0.29) is 16.9 Å². The lowest BCUT2D eigenvalue weighted by Gasteiger charge is -2.13. The summed E-state index contributed by atoms with van der Waals surface area (Å²) in [7, 11) is 1.77. The van der Waals surface area contributed by atoms with E-state index in [4.69, 9.17) is 0 Å². The van der Waals surface area contributed by atoms with E-state index in [9.17, 15) is 19.2 Å². The first-order valence-corrected chi connectivity index (χ1v) is 11.3. The molecular formula is C25H22N8O4. The van der Waals surface area contributed by atoms with Crippen LogP contribution in [-0.4, -0.2) is 39.5 Å². The Hall–Kier alpha value is -5.00. The molecule has 0 saturated carbocycles. The van der Waals surface area contributed by atoms with Gasteiger partial charge in [-0.25, -0.2) is 24.5 Å². The van der Waals surface area contributed by atoms with Gasteiger partial charge in [-0.3, -0.25) is 24.5 Å². The number of benzene rings is 2. The van der Waals surface area contributed by atoms with E-state index in [1.54, 1.807) is 11.6 Å². The average molecular weight is 499 g/mol. The van der Waals surface area contributed by atoms with E-state index in [1.807, 2.05) is 52.0 Å². The predicted octanol–water partition coefficient (Wildman–Crippen LogP) is 1.51. The highest BCUT2D eigenvalue weighted by Gasteiger charge is 2.17. The zero-order valence-electron chi connectivity index (χ0n) is 20.7. The number of nitrogens with one attached hydrogen (secondary N) is 3. The third kappa shape index (κ3) is 4.18. The van der Waals surface area contributed by atoms with Gasteiger partial charge in [0.15, 0.2) is 22.7 Å². The van der Waals surface area contributed by atoms with Crippen LogP contribution < -0.4 is 22.5 Å². The maximum atomic E-state index is 11.8. The molecule has 0 unspecified atom stereocenters. The molecule has 0 saturated heterocycles. The van der Waals surface area contributed by atoms with Crippen molar-refractivity contribution in [1.82, 2.24) is 39.5 Å². The van der Waals surface area contributed by atoms with Gasteiger partial charge in [0.25, 0.3) is 11.1 Å². The molecule has 2 aliphatic rings. The zero-order valence-corrected chi connectivity index (χ0v) is 20.7. The second-order valence-electron chi connectivity index (χ2n) is 8.89. The number of aromatic nitrogens is 8. The molecule has 0 radical (unpaired) electrons. The largest absolute Gasteiger partial charge is 0.349 e. The Morgan fingerprint density at radius 1 is 0.649 bits per heavy atom. The van der Waals surface area contributed by atoms with Crippen LogP contribution in [0.15, 0.2) is 43.4 Å². The van der Waals surface area contributed by atoms with E-state index in [1.165, 1.54) is 0 Å². The Labute approximate surface area is 207 Å². The molecule has 2 aromatic heterocycles. The maximum absolute atomic E-state index is 11.8. The Kier molecular flexibility index (Phi) is 5.51. The fraction of sp³-hybridized carbons (Fsp3) is 0.200. The third-order valence-corrected chi connectivity index (χ3v) is 6.31. The first-order chi connectivity index (χ1) is 17.5. The highest BCUT2D eigenvalue weighted by Crippen LogP contribution is 2.22. The van der Waals surface area contributed by atoms with Crippen LogP contribution in [0.25, 0.3) is 44.7 Å². The number of hydrogen-bond acceptors (Lipinski definition) is 8. The van der Waals surface area contributed by atoms with Gasteiger partial charge in [0, 0.05) is 7.05 Å². The van der Waals surface area contributed by atoms with Crippen LogP contribution in [0.1, 0.15) is 22.3 Å². The first kappa shape index (κ1) is 23.7. The quantitative estimate of drug-likeness (QED) is 0.264. The molecule has 12 nitrogen and oxygen atoms in total. The van der Waals surface area contributed by atoms with Crippen LogP contribution in [0.4, 0.5) is 0 Å². The number of nitrogens with zero attached hydrogens (tertiary/aromatic N) is 5. The van der Waals surface area contributed by atoms with Crippen LogP contribution in [0.5, 0.6) is 0 Å². The summed E-state index contributed by atoms with van der Waals surface area (Å²) in [6.45, 7) is 7.94. The van der Waals surface area contributed by atoms with Crippen molar-refractivity contribution in [2.24, 2.45) is 7.05 Å².